The lowest BCUT2D eigenvalue weighted by atomic mass is 9.71. The molecule has 0 bridgehead atoms. The van der Waals surface area contributed by atoms with Crippen molar-refractivity contribution in [3.8, 4) is 0 Å². The number of hydrogen-bond donors (Lipinski definition) is 1. The van der Waals surface area contributed by atoms with Crippen molar-refractivity contribution in [2.24, 2.45) is 5.41 Å². The summed E-state index contributed by atoms with van der Waals surface area (Å²) in [6.07, 6.45) is 8.55. The van der Waals surface area contributed by atoms with Crippen molar-refractivity contribution in [2.75, 3.05) is 17.3 Å². The molecule has 0 radical (unpaired) electrons. The number of nitrogens with one attached hydrogen (secondary N) is 1. The average molecular weight is 408 g/mol. The first-order valence-corrected chi connectivity index (χ1v) is 10.8. The van der Waals surface area contributed by atoms with Crippen LogP contribution in [0.5, 0.6) is 0 Å². The number of carbonyl (C=O) groups excluding carboxylic acids is 2. The van der Waals surface area contributed by atoms with Crippen LogP contribution < -0.4 is 10.2 Å². The maximum atomic E-state index is 13.3. The molecular formula is C24H29N3O3. The molecule has 2 aliphatic rings. The summed E-state index contributed by atoms with van der Waals surface area (Å²) in [4.78, 5) is 32.0. The predicted molar refractivity (Wildman–Crippen MR) is 117 cm³/mol. The van der Waals surface area contributed by atoms with Crippen molar-refractivity contribution >= 4 is 29.1 Å². The predicted octanol–water partition coefficient (Wildman–Crippen LogP) is 4.97. The fourth-order valence-corrected chi connectivity index (χ4v) is 4.81. The van der Waals surface area contributed by atoms with Gasteiger partial charge in [-0.25, -0.2) is 4.98 Å². The molecule has 1 N–H and O–H groups in total. The Kier molecular flexibility index (Phi) is 6.02. The molecule has 0 unspecified atom stereocenters. The minimum atomic E-state index is -0.415. The van der Waals surface area contributed by atoms with E-state index in [9.17, 15) is 9.59 Å². The molecule has 1 aromatic heterocycles. The van der Waals surface area contributed by atoms with E-state index < -0.39 is 5.41 Å². The van der Waals surface area contributed by atoms with E-state index in [0.29, 0.717) is 25.8 Å². The SMILES string of the molecule is COC(=O)C1(CCCC(=O)N2Cc3cccnc3Nc3ccccc32)CCCCC1. The van der Waals surface area contributed by atoms with E-state index in [1.165, 1.54) is 13.5 Å². The van der Waals surface area contributed by atoms with Crippen molar-refractivity contribution in [1.29, 1.82) is 0 Å². The number of rotatable bonds is 5. The van der Waals surface area contributed by atoms with Crippen LogP contribution in [0.1, 0.15) is 56.9 Å². The van der Waals surface area contributed by atoms with Gasteiger partial charge in [0.1, 0.15) is 5.82 Å². The van der Waals surface area contributed by atoms with Crippen LogP contribution in [-0.4, -0.2) is 24.0 Å². The number of para-hydroxylation sites is 2. The van der Waals surface area contributed by atoms with Gasteiger partial charge in [-0.3, -0.25) is 9.59 Å². The van der Waals surface area contributed by atoms with Gasteiger partial charge in [0, 0.05) is 18.2 Å². The second-order valence-electron chi connectivity index (χ2n) is 8.32. The highest BCUT2D eigenvalue weighted by atomic mass is 16.5. The van der Waals surface area contributed by atoms with Gasteiger partial charge < -0.3 is 15.0 Å². The lowest BCUT2D eigenvalue weighted by molar-refractivity contribution is -0.155. The molecule has 6 heteroatoms. The molecule has 1 amide bonds. The Labute approximate surface area is 177 Å². The molecule has 1 fully saturated rings. The smallest absolute Gasteiger partial charge is 0.311 e. The van der Waals surface area contributed by atoms with E-state index in [-0.39, 0.29) is 11.9 Å². The van der Waals surface area contributed by atoms with Crippen LogP contribution >= 0.6 is 0 Å². The van der Waals surface area contributed by atoms with Crippen molar-refractivity contribution in [3.63, 3.8) is 0 Å². The van der Waals surface area contributed by atoms with E-state index in [2.05, 4.69) is 10.3 Å². The van der Waals surface area contributed by atoms with Gasteiger partial charge in [-0.15, -0.1) is 0 Å². The molecule has 1 aromatic carbocycles. The number of esters is 1. The van der Waals surface area contributed by atoms with Crippen molar-refractivity contribution < 1.29 is 14.3 Å². The quantitative estimate of drug-likeness (QED) is 0.709. The zero-order valence-corrected chi connectivity index (χ0v) is 17.5. The van der Waals surface area contributed by atoms with Gasteiger partial charge in [0.15, 0.2) is 0 Å². The van der Waals surface area contributed by atoms with E-state index in [1.807, 2.05) is 41.3 Å². The molecule has 0 atom stereocenters. The van der Waals surface area contributed by atoms with E-state index >= 15 is 0 Å². The first-order chi connectivity index (χ1) is 14.6. The third-order valence-corrected chi connectivity index (χ3v) is 6.44. The highest BCUT2D eigenvalue weighted by molar-refractivity contribution is 5.98. The Balaban J connectivity index is 1.49. The van der Waals surface area contributed by atoms with Crippen LogP contribution in [0, 0.1) is 5.41 Å². The van der Waals surface area contributed by atoms with Crippen LogP contribution in [-0.2, 0) is 20.9 Å². The number of fused-ring (bicyclic) bond motifs is 2. The minimum Gasteiger partial charge on any atom is -0.469 e. The van der Waals surface area contributed by atoms with Gasteiger partial charge in [-0.05, 0) is 43.9 Å². The molecule has 1 aliphatic carbocycles. The molecule has 1 saturated carbocycles. The van der Waals surface area contributed by atoms with Crippen molar-refractivity contribution in [2.45, 2.75) is 57.9 Å². The summed E-state index contributed by atoms with van der Waals surface area (Å²) in [5.41, 5.74) is 2.31. The molecule has 1 aliphatic heterocycles. The molecule has 4 rings (SSSR count). The van der Waals surface area contributed by atoms with E-state index in [4.69, 9.17) is 4.74 Å². The molecule has 0 saturated heterocycles. The van der Waals surface area contributed by atoms with Crippen molar-refractivity contribution in [3.05, 3.63) is 48.2 Å². The van der Waals surface area contributed by atoms with Gasteiger partial charge in [-0.2, -0.15) is 0 Å². The fraction of sp³-hybridized carbons (Fsp3) is 0.458. The standard InChI is InChI=1S/C24H29N3O3/c1-30-23(29)24(13-5-2-6-14-24)15-7-12-21(28)27-17-18-9-8-16-25-22(18)26-19-10-3-4-11-20(19)27/h3-4,8-11,16H,2,5-7,12-15,17H2,1H3,(H,25,26). The average Bonchev–Trinajstić information content (AvgIpc) is 2.96. The molecule has 2 aromatic rings. The maximum Gasteiger partial charge on any atom is 0.311 e. The Bertz CT molecular complexity index is 921. The number of ether oxygens (including phenoxy) is 1. The summed E-state index contributed by atoms with van der Waals surface area (Å²) >= 11 is 0. The number of aromatic nitrogens is 1. The first kappa shape index (κ1) is 20.4. The Morgan fingerprint density at radius 3 is 2.73 bits per heavy atom. The van der Waals surface area contributed by atoms with Crippen LogP contribution in [0.2, 0.25) is 0 Å². The highest BCUT2D eigenvalue weighted by Gasteiger charge is 2.40. The highest BCUT2D eigenvalue weighted by Crippen LogP contribution is 2.42. The molecule has 2 heterocycles. The number of hydrogen-bond acceptors (Lipinski definition) is 5. The van der Waals surface area contributed by atoms with Crippen LogP contribution in [0.4, 0.5) is 17.2 Å². The molecular weight excluding hydrogens is 378 g/mol. The lowest BCUT2D eigenvalue weighted by Gasteiger charge is -2.34. The van der Waals surface area contributed by atoms with Crippen LogP contribution in [0.25, 0.3) is 0 Å². The van der Waals surface area contributed by atoms with E-state index in [1.54, 1.807) is 6.20 Å². The van der Waals surface area contributed by atoms with Gasteiger partial charge in [0.25, 0.3) is 0 Å². The summed E-state index contributed by atoms with van der Waals surface area (Å²) in [5, 5.41) is 3.36. The molecule has 30 heavy (non-hydrogen) atoms. The third kappa shape index (κ3) is 4.04. The van der Waals surface area contributed by atoms with Gasteiger partial charge in [-0.1, -0.05) is 37.5 Å². The number of nitrogens with zero attached hydrogens (tertiary/aromatic N) is 2. The minimum absolute atomic E-state index is 0.0665. The largest absolute Gasteiger partial charge is 0.469 e. The second-order valence-corrected chi connectivity index (χ2v) is 8.32. The monoisotopic (exact) mass is 407 g/mol. The van der Waals surface area contributed by atoms with Gasteiger partial charge >= 0.3 is 5.97 Å². The number of carbonyl (C=O) groups is 2. The van der Waals surface area contributed by atoms with Crippen LogP contribution in [0.15, 0.2) is 42.6 Å². The number of methoxy groups -OCH3 is 1. The van der Waals surface area contributed by atoms with Gasteiger partial charge in [0.05, 0.1) is 30.4 Å². The summed E-state index contributed by atoms with van der Waals surface area (Å²) in [5.74, 6) is 0.739. The van der Waals surface area contributed by atoms with E-state index in [0.717, 1.165) is 48.4 Å². The lowest BCUT2D eigenvalue weighted by Crippen LogP contribution is -2.35. The summed E-state index contributed by atoms with van der Waals surface area (Å²) in [6.45, 7) is 0.480. The fourth-order valence-electron chi connectivity index (χ4n) is 4.81. The summed E-state index contributed by atoms with van der Waals surface area (Å²) in [6, 6.07) is 11.7. The van der Waals surface area contributed by atoms with Crippen molar-refractivity contribution in [1.82, 2.24) is 4.98 Å². The van der Waals surface area contributed by atoms with Crippen LogP contribution in [0.3, 0.4) is 0 Å². The molecule has 158 valence electrons. The zero-order chi connectivity index (χ0) is 21.0. The number of anilines is 3. The third-order valence-electron chi connectivity index (χ3n) is 6.44. The number of pyridine rings is 1. The second kappa shape index (κ2) is 8.86. The Morgan fingerprint density at radius 1 is 1.13 bits per heavy atom. The van der Waals surface area contributed by atoms with Gasteiger partial charge in [0.2, 0.25) is 5.91 Å². The summed E-state index contributed by atoms with van der Waals surface area (Å²) < 4.78 is 5.12. The normalized spacial score (nSPS) is 17.2. The Hall–Kier alpha value is -2.89. The zero-order valence-electron chi connectivity index (χ0n) is 17.5. The Morgan fingerprint density at radius 2 is 1.93 bits per heavy atom. The first-order valence-electron chi connectivity index (χ1n) is 10.8. The number of benzene rings is 1. The molecule has 6 nitrogen and oxygen atoms in total. The maximum absolute atomic E-state index is 13.3. The molecule has 0 spiro atoms. The number of amides is 1. The summed E-state index contributed by atoms with van der Waals surface area (Å²) in [7, 11) is 1.47. The topological polar surface area (TPSA) is 71.5 Å².